The van der Waals surface area contributed by atoms with Crippen LogP contribution >= 0.6 is 0 Å². The molecule has 4 rings (SSSR count). The van der Waals surface area contributed by atoms with E-state index in [2.05, 4.69) is 10.2 Å². The Bertz CT molecular complexity index is 712. The molecule has 1 aromatic rings. The number of anilines is 2. The predicted molar refractivity (Wildman–Crippen MR) is 107 cm³/mol. The minimum atomic E-state index is -0.0280. The van der Waals surface area contributed by atoms with Gasteiger partial charge in [-0.1, -0.05) is 19.3 Å². The largest absolute Gasteiger partial charge is 0.481 e. The number of carbonyl (C=O) groups excluding carboxylic acids is 2. The zero-order valence-corrected chi connectivity index (χ0v) is 16.3. The normalized spacial score (nSPS) is 21.1. The quantitative estimate of drug-likeness (QED) is 0.839. The maximum Gasteiger partial charge on any atom is 0.265 e. The van der Waals surface area contributed by atoms with Crippen LogP contribution in [0.15, 0.2) is 18.2 Å². The molecule has 3 aliphatic rings. The molecule has 0 unspecified atom stereocenters. The Morgan fingerprint density at radius 3 is 2.68 bits per heavy atom. The summed E-state index contributed by atoms with van der Waals surface area (Å²) in [7, 11) is 0. The van der Waals surface area contributed by atoms with Gasteiger partial charge in [-0.2, -0.15) is 0 Å². The maximum absolute atomic E-state index is 12.5. The molecule has 1 saturated heterocycles. The fourth-order valence-corrected chi connectivity index (χ4v) is 4.20. The van der Waals surface area contributed by atoms with Gasteiger partial charge in [0.15, 0.2) is 6.61 Å². The number of amides is 2. The van der Waals surface area contributed by atoms with E-state index in [-0.39, 0.29) is 24.3 Å². The molecule has 152 valence electrons. The number of ether oxygens (including phenoxy) is 2. The maximum atomic E-state index is 12.5. The summed E-state index contributed by atoms with van der Waals surface area (Å²) in [4.78, 5) is 29.0. The zero-order chi connectivity index (χ0) is 19.3. The van der Waals surface area contributed by atoms with E-state index < -0.39 is 0 Å². The van der Waals surface area contributed by atoms with Crippen molar-refractivity contribution in [1.82, 2.24) is 4.90 Å². The van der Waals surface area contributed by atoms with Crippen LogP contribution in [0.4, 0.5) is 11.4 Å². The highest BCUT2D eigenvalue weighted by atomic mass is 16.5. The molecule has 1 aliphatic carbocycles. The van der Waals surface area contributed by atoms with Gasteiger partial charge >= 0.3 is 0 Å². The summed E-state index contributed by atoms with van der Waals surface area (Å²) in [6.45, 7) is 4.78. The number of carbonyl (C=O) groups is 2. The molecule has 1 N–H and O–H groups in total. The van der Waals surface area contributed by atoms with Gasteiger partial charge in [0.05, 0.1) is 18.9 Å². The Kier molecular flexibility index (Phi) is 6.12. The van der Waals surface area contributed by atoms with Crippen molar-refractivity contribution in [2.45, 2.75) is 32.1 Å². The Balaban J connectivity index is 1.41. The molecule has 2 amide bonds. The first kappa shape index (κ1) is 19.2. The minimum absolute atomic E-state index is 0.0280. The Morgan fingerprint density at radius 2 is 1.89 bits per heavy atom. The van der Waals surface area contributed by atoms with Gasteiger partial charge in [-0.3, -0.25) is 14.5 Å². The second-order valence-electron chi connectivity index (χ2n) is 7.79. The van der Waals surface area contributed by atoms with E-state index in [4.69, 9.17) is 9.47 Å². The van der Waals surface area contributed by atoms with Crippen LogP contribution in [-0.2, 0) is 14.3 Å². The van der Waals surface area contributed by atoms with Crippen LogP contribution in [0, 0.1) is 5.92 Å². The van der Waals surface area contributed by atoms with Crippen LogP contribution in [0.3, 0.4) is 0 Å². The van der Waals surface area contributed by atoms with Gasteiger partial charge in [0.1, 0.15) is 5.75 Å². The lowest BCUT2D eigenvalue weighted by atomic mass is 9.88. The van der Waals surface area contributed by atoms with E-state index in [1.54, 1.807) is 4.90 Å². The van der Waals surface area contributed by atoms with Crippen molar-refractivity contribution in [2.24, 2.45) is 5.92 Å². The first-order valence-corrected chi connectivity index (χ1v) is 10.4. The number of rotatable bonds is 5. The fraction of sp³-hybridized carbons (Fsp3) is 0.619. The molecule has 0 atom stereocenters. The summed E-state index contributed by atoms with van der Waals surface area (Å²) >= 11 is 0. The Morgan fingerprint density at radius 1 is 1.11 bits per heavy atom. The monoisotopic (exact) mass is 387 g/mol. The van der Waals surface area contributed by atoms with Gasteiger partial charge < -0.3 is 19.7 Å². The molecular formula is C21H29N3O4. The van der Waals surface area contributed by atoms with Gasteiger partial charge in [0, 0.05) is 43.9 Å². The SMILES string of the molecule is O=C(Nc1ccc2c(c1)OCC(=O)N2CCN1CCOCC1)C1CCCCC1. The van der Waals surface area contributed by atoms with Crippen molar-refractivity contribution in [1.29, 1.82) is 0 Å². The summed E-state index contributed by atoms with van der Waals surface area (Å²) in [5, 5.41) is 3.03. The number of hydrogen-bond donors (Lipinski definition) is 1. The lowest BCUT2D eigenvalue weighted by Gasteiger charge is -2.33. The van der Waals surface area contributed by atoms with Gasteiger partial charge in [-0.25, -0.2) is 0 Å². The molecule has 1 aromatic carbocycles. The van der Waals surface area contributed by atoms with Gasteiger partial charge in [0.25, 0.3) is 5.91 Å². The molecule has 2 aliphatic heterocycles. The molecule has 0 spiro atoms. The van der Waals surface area contributed by atoms with Gasteiger partial charge in [0.2, 0.25) is 5.91 Å². The number of hydrogen-bond acceptors (Lipinski definition) is 5. The van der Waals surface area contributed by atoms with Crippen molar-refractivity contribution in [3.05, 3.63) is 18.2 Å². The summed E-state index contributed by atoms with van der Waals surface area (Å²) in [5.74, 6) is 0.829. The lowest BCUT2D eigenvalue weighted by Crippen LogP contribution is -2.45. The molecule has 0 radical (unpaired) electrons. The molecule has 2 heterocycles. The number of morpholine rings is 1. The summed E-state index contributed by atoms with van der Waals surface area (Å²) < 4.78 is 11.0. The average molecular weight is 387 g/mol. The molecule has 1 saturated carbocycles. The van der Waals surface area contributed by atoms with Crippen LogP contribution in [0.2, 0.25) is 0 Å². The predicted octanol–water partition coefficient (Wildman–Crippen LogP) is 2.26. The van der Waals surface area contributed by atoms with Gasteiger partial charge in [-0.05, 0) is 25.0 Å². The topological polar surface area (TPSA) is 71.1 Å². The molecule has 0 bridgehead atoms. The highest BCUT2D eigenvalue weighted by molar-refractivity contribution is 5.99. The van der Waals surface area contributed by atoms with Gasteiger partial charge in [-0.15, -0.1) is 0 Å². The van der Waals surface area contributed by atoms with E-state index in [9.17, 15) is 9.59 Å². The highest BCUT2D eigenvalue weighted by Gasteiger charge is 2.27. The van der Waals surface area contributed by atoms with E-state index in [0.29, 0.717) is 12.3 Å². The second kappa shape index (κ2) is 8.92. The number of nitrogens with one attached hydrogen (secondary N) is 1. The van der Waals surface area contributed by atoms with Crippen LogP contribution < -0.4 is 15.0 Å². The molecule has 0 aromatic heterocycles. The van der Waals surface area contributed by atoms with Crippen LogP contribution in [-0.4, -0.2) is 62.7 Å². The molecule has 2 fully saturated rings. The van der Waals surface area contributed by atoms with Crippen LogP contribution in [0.1, 0.15) is 32.1 Å². The van der Waals surface area contributed by atoms with Crippen molar-refractivity contribution >= 4 is 23.2 Å². The van der Waals surface area contributed by atoms with Crippen LogP contribution in [0.25, 0.3) is 0 Å². The highest BCUT2D eigenvalue weighted by Crippen LogP contribution is 2.35. The third-order valence-electron chi connectivity index (χ3n) is 5.89. The third-order valence-corrected chi connectivity index (χ3v) is 5.89. The fourth-order valence-electron chi connectivity index (χ4n) is 4.20. The lowest BCUT2D eigenvalue weighted by molar-refractivity contribution is -0.122. The molecule has 28 heavy (non-hydrogen) atoms. The smallest absolute Gasteiger partial charge is 0.265 e. The zero-order valence-electron chi connectivity index (χ0n) is 16.3. The van der Waals surface area contributed by atoms with E-state index in [1.807, 2.05) is 18.2 Å². The molecule has 7 heteroatoms. The molecular weight excluding hydrogens is 358 g/mol. The average Bonchev–Trinajstić information content (AvgIpc) is 2.74. The van der Waals surface area contributed by atoms with E-state index in [0.717, 1.165) is 69.9 Å². The van der Waals surface area contributed by atoms with Crippen molar-refractivity contribution in [3.8, 4) is 5.75 Å². The molecule has 7 nitrogen and oxygen atoms in total. The number of fused-ring (bicyclic) bond motifs is 1. The van der Waals surface area contributed by atoms with E-state index in [1.165, 1.54) is 6.42 Å². The first-order valence-electron chi connectivity index (χ1n) is 10.4. The first-order chi connectivity index (χ1) is 13.7. The Hall–Kier alpha value is -2.12. The van der Waals surface area contributed by atoms with Crippen molar-refractivity contribution in [2.75, 3.05) is 56.2 Å². The Labute approximate surface area is 166 Å². The number of benzene rings is 1. The number of nitrogens with zero attached hydrogens (tertiary/aromatic N) is 2. The standard InChI is InChI=1S/C21H29N3O4/c25-20-15-28-19-14-17(22-21(26)16-4-2-1-3-5-16)6-7-18(19)24(20)9-8-23-10-12-27-13-11-23/h6-7,14,16H,1-5,8-13,15H2,(H,22,26). The van der Waals surface area contributed by atoms with Crippen LogP contribution in [0.5, 0.6) is 5.75 Å². The van der Waals surface area contributed by atoms with Crippen molar-refractivity contribution in [3.63, 3.8) is 0 Å². The summed E-state index contributed by atoms with van der Waals surface area (Å²) in [6.07, 6.45) is 5.43. The van der Waals surface area contributed by atoms with Crippen molar-refractivity contribution < 1.29 is 19.1 Å². The minimum Gasteiger partial charge on any atom is -0.481 e. The summed E-state index contributed by atoms with van der Waals surface area (Å²) in [6, 6.07) is 5.58. The summed E-state index contributed by atoms with van der Waals surface area (Å²) in [5.41, 5.74) is 1.51. The third kappa shape index (κ3) is 4.47. The van der Waals surface area contributed by atoms with E-state index >= 15 is 0 Å². The second-order valence-corrected chi connectivity index (χ2v) is 7.79.